The molecule has 2 aliphatic heterocycles. The number of aliphatic hydroxyl groups is 3. The maximum atomic E-state index is 11.5. The monoisotopic (exact) mass is 359 g/mol. The number of ether oxygens (including phenoxy) is 2. The standard InChI is InChI=1S/C18H17NO7/c20-8-16-18(23)13(22)7-17(26-16)24-10-2-4-12-15(6-10)25-14-5-9(21)1-3-11(14)19-12/h1-6,13,16-18,20,22-23H,7-8H2/t13?,16?,17-,18-/m0/s1. The molecule has 136 valence electrons. The van der Waals surface area contributed by atoms with Crippen LogP contribution in [0.1, 0.15) is 6.42 Å². The van der Waals surface area contributed by atoms with Crippen LogP contribution in [0.4, 0.5) is 0 Å². The summed E-state index contributed by atoms with van der Waals surface area (Å²) in [6.45, 7) is -0.432. The molecule has 1 fully saturated rings. The number of fused-ring (bicyclic) bond motifs is 2. The molecule has 0 spiro atoms. The maximum absolute atomic E-state index is 11.5. The van der Waals surface area contributed by atoms with E-state index >= 15 is 0 Å². The van der Waals surface area contributed by atoms with Crippen molar-refractivity contribution >= 4 is 11.1 Å². The van der Waals surface area contributed by atoms with Gasteiger partial charge in [0.2, 0.25) is 6.29 Å². The first-order valence-corrected chi connectivity index (χ1v) is 8.17. The average Bonchev–Trinajstić information content (AvgIpc) is 2.62. The second kappa shape index (κ2) is 6.65. The predicted molar refractivity (Wildman–Crippen MR) is 89.9 cm³/mol. The van der Waals surface area contributed by atoms with Crippen LogP contribution in [0.25, 0.3) is 22.6 Å². The second-order valence-electron chi connectivity index (χ2n) is 6.17. The molecule has 1 aromatic carbocycles. The van der Waals surface area contributed by atoms with Gasteiger partial charge in [0.15, 0.2) is 16.8 Å². The quantitative estimate of drug-likeness (QED) is 0.578. The van der Waals surface area contributed by atoms with Crippen molar-refractivity contribution in [3.63, 3.8) is 0 Å². The number of rotatable bonds is 3. The summed E-state index contributed by atoms with van der Waals surface area (Å²) in [4.78, 5) is 15.9. The molecule has 0 radical (unpaired) electrons. The molecule has 4 rings (SSSR count). The summed E-state index contributed by atoms with van der Waals surface area (Å²) in [5.41, 5.74) is 1.42. The Hall–Kier alpha value is -2.52. The van der Waals surface area contributed by atoms with Gasteiger partial charge in [-0.1, -0.05) is 0 Å². The molecule has 0 aromatic heterocycles. The zero-order valence-electron chi connectivity index (χ0n) is 13.6. The molecule has 8 heteroatoms. The van der Waals surface area contributed by atoms with Crippen LogP contribution >= 0.6 is 0 Å². The number of hydrogen-bond donors (Lipinski definition) is 3. The largest absolute Gasteiger partial charge is 0.465 e. The van der Waals surface area contributed by atoms with E-state index in [9.17, 15) is 20.1 Å². The molecule has 0 amide bonds. The van der Waals surface area contributed by atoms with Gasteiger partial charge >= 0.3 is 0 Å². The first-order valence-electron chi connectivity index (χ1n) is 8.17. The number of hydrogen-bond acceptors (Lipinski definition) is 8. The summed E-state index contributed by atoms with van der Waals surface area (Å²) >= 11 is 0. The zero-order valence-corrected chi connectivity index (χ0v) is 13.6. The fraction of sp³-hybridized carbons (Fsp3) is 0.333. The molecule has 0 saturated carbocycles. The summed E-state index contributed by atoms with van der Waals surface area (Å²) in [7, 11) is 0. The third kappa shape index (κ3) is 3.15. The molecule has 26 heavy (non-hydrogen) atoms. The average molecular weight is 359 g/mol. The Morgan fingerprint density at radius 1 is 1.19 bits per heavy atom. The summed E-state index contributed by atoms with van der Waals surface area (Å²) in [6, 6.07) is 9.37. The highest BCUT2D eigenvalue weighted by Crippen LogP contribution is 2.28. The van der Waals surface area contributed by atoms with Crippen molar-refractivity contribution in [3.8, 4) is 17.2 Å². The van der Waals surface area contributed by atoms with Gasteiger partial charge in [-0.25, -0.2) is 4.98 Å². The minimum absolute atomic E-state index is 0.0579. The van der Waals surface area contributed by atoms with E-state index < -0.39 is 31.2 Å². The van der Waals surface area contributed by atoms with Gasteiger partial charge in [0.05, 0.1) is 12.7 Å². The molecule has 2 unspecified atom stereocenters. The van der Waals surface area contributed by atoms with Crippen LogP contribution < -0.4 is 10.2 Å². The molecule has 1 saturated heterocycles. The summed E-state index contributed by atoms with van der Waals surface area (Å²) in [6.07, 6.45) is -3.91. The van der Waals surface area contributed by atoms with E-state index in [4.69, 9.17) is 13.9 Å². The molecule has 3 aliphatic rings. The van der Waals surface area contributed by atoms with E-state index in [0.717, 1.165) is 0 Å². The molecule has 8 nitrogen and oxygen atoms in total. The molecule has 3 N–H and O–H groups in total. The first-order chi connectivity index (χ1) is 12.5. The number of nitrogens with zero attached hydrogens (tertiary/aromatic N) is 1. The van der Waals surface area contributed by atoms with Crippen molar-refractivity contribution in [1.29, 1.82) is 0 Å². The molecular formula is C18H17NO7. The highest BCUT2D eigenvalue weighted by atomic mass is 16.7. The SMILES string of the molecule is O=c1ccc2nc3ccc(O[C@@H]4CC(O)[C@H](O)C(CO)O4)cc3oc-2c1. The van der Waals surface area contributed by atoms with Crippen molar-refractivity contribution in [3.05, 3.63) is 46.6 Å². The Morgan fingerprint density at radius 2 is 2.04 bits per heavy atom. The van der Waals surface area contributed by atoms with E-state index in [1.165, 1.54) is 12.1 Å². The fourth-order valence-electron chi connectivity index (χ4n) is 2.95. The first kappa shape index (κ1) is 16.9. The van der Waals surface area contributed by atoms with Gasteiger partial charge in [0.25, 0.3) is 0 Å². The zero-order chi connectivity index (χ0) is 18.3. The van der Waals surface area contributed by atoms with Gasteiger partial charge in [0, 0.05) is 18.6 Å². The topological polar surface area (TPSA) is 122 Å². The summed E-state index contributed by atoms with van der Waals surface area (Å²) in [5, 5.41) is 28.8. The molecule has 4 atom stereocenters. The van der Waals surface area contributed by atoms with Gasteiger partial charge in [-0.05, 0) is 24.3 Å². The number of benzene rings is 2. The molecule has 0 bridgehead atoms. The van der Waals surface area contributed by atoms with Crippen LogP contribution in [0.2, 0.25) is 0 Å². The Balaban J connectivity index is 1.62. The van der Waals surface area contributed by atoms with Crippen LogP contribution in [0.3, 0.4) is 0 Å². The van der Waals surface area contributed by atoms with Crippen LogP contribution in [-0.2, 0) is 4.74 Å². The minimum Gasteiger partial charge on any atom is -0.465 e. The lowest BCUT2D eigenvalue weighted by Crippen LogP contribution is -2.51. The highest BCUT2D eigenvalue weighted by Gasteiger charge is 2.37. The minimum atomic E-state index is -1.16. The van der Waals surface area contributed by atoms with Crippen LogP contribution in [0.5, 0.6) is 5.75 Å². The van der Waals surface area contributed by atoms with Crippen molar-refractivity contribution in [2.24, 2.45) is 0 Å². The Kier molecular flexibility index (Phi) is 4.33. The van der Waals surface area contributed by atoms with E-state index in [1.807, 2.05) is 0 Å². The van der Waals surface area contributed by atoms with Gasteiger partial charge in [-0.3, -0.25) is 4.79 Å². The Labute approximate surface area is 147 Å². The van der Waals surface area contributed by atoms with Gasteiger partial charge in [0.1, 0.15) is 29.2 Å². The van der Waals surface area contributed by atoms with Crippen molar-refractivity contribution in [2.75, 3.05) is 6.61 Å². The molecule has 2 heterocycles. The second-order valence-corrected chi connectivity index (χ2v) is 6.17. The van der Waals surface area contributed by atoms with Gasteiger partial charge < -0.3 is 29.2 Å². The summed E-state index contributed by atoms with van der Waals surface area (Å²) < 4.78 is 16.9. The molecule has 1 aliphatic carbocycles. The van der Waals surface area contributed by atoms with E-state index in [0.29, 0.717) is 28.3 Å². The summed E-state index contributed by atoms with van der Waals surface area (Å²) in [5.74, 6) is 0.779. The van der Waals surface area contributed by atoms with E-state index in [2.05, 4.69) is 4.98 Å². The maximum Gasteiger partial charge on any atom is 0.202 e. The van der Waals surface area contributed by atoms with Crippen molar-refractivity contribution in [1.82, 2.24) is 4.98 Å². The number of aliphatic hydroxyl groups excluding tert-OH is 3. The lowest BCUT2D eigenvalue weighted by Gasteiger charge is -2.36. The normalized spacial score (nSPS) is 26.3. The highest BCUT2D eigenvalue weighted by molar-refractivity contribution is 5.77. The van der Waals surface area contributed by atoms with E-state index in [-0.39, 0.29) is 11.8 Å². The van der Waals surface area contributed by atoms with Crippen LogP contribution in [-0.4, -0.2) is 51.5 Å². The van der Waals surface area contributed by atoms with Crippen LogP contribution in [0.15, 0.2) is 45.6 Å². The Morgan fingerprint density at radius 3 is 2.85 bits per heavy atom. The van der Waals surface area contributed by atoms with Gasteiger partial charge in [-0.15, -0.1) is 0 Å². The third-order valence-corrected chi connectivity index (χ3v) is 4.31. The van der Waals surface area contributed by atoms with Crippen molar-refractivity contribution in [2.45, 2.75) is 31.0 Å². The lowest BCUT2D eigenvalue weighted by molar-refractivity contribution is -0.229. The fourth-order valence-corrected chi connectivity index (χ4v) is 2.95. The Bertz CT molecular complexity index is 956. The van der Waals surface area contributed by atoms with Crippen molar-refractivity contribution < 1.29 is 29.2 Å². The van der Waals surface area contributed by atoms with E-state index in [1.54, 1.807) is 24.3 Å². The predicted octanol–water partition coefficient (Wildman–Crippen LogP) is 0.501. The lowest BCUT2D eigenvalue weighted by atomic mass is 10.0. The smallest absolute Gasteiger partial charge is 0.202 e. The molecule has 1 aromatic rings. The third-order valence-electron chi connectivity index (χ3n) is 4.31. The van der Waals surface area contributed by atoms with Gasteiger partial charge in [-0.2, -0.15) is 0 Å². The molecular weight excluding hydrogens is 342 g/mol. The number of aromatic nitrogens is 1. The van der Waals surface area contributed by atoms with Crippen LogP contribution in [0, 0.1) is 0 Å².